The van der Waals surface area contributed by atoms with Crippen LogP contribution in [0.15, 0.2) is 24.3 Å². The molecule has 0 unspecified atom stereocenters. The molecule has 78 valence electrons. The molecule has 0 aromatic heterocycles. The molecule has 0 aliphatic heterocycles. The molecule has 0 radical (unpaired) electrons. The van der Waals surface area contributed by atoms with Gasteiger partial charge in [0.2, 0.25) is 0 Å². The molecule has 0 spiro atoms. The normalized spacial score (nSPS) is 16.4. The van der Waals surface area contributed by atoms with Crippen LogP contribution < -0.4 is 0 Å². The van der Waals surface area contributed by atoms with Gasteiger partial charge in [-0.2, -0.15) is 0 Å². The minimum absolute atomic E-state index is 0.150. The smallest absolute Gasteiger partial charge is 0.155 e. The quantitative estimate of drug-likeness (QED) is 0.686. The number of allylic oxidation sites excluding steroid dienone is 2. The second-order valence-electron chi connectivity index (χ2n) is 3.95. The summed E-state index contributed by atoms with van der Waals surface area (Å²) < 4.78 is 13.3. The maximum atomic E-state index is 13.3. The maximum Gasteiger partial charge on any atom is 0.155 e. The lowest BCUT2D eigenvalue weighted by atomic mass is 9.92. The fraction of sp³-hybridized carbons (Fsp3) is 0.308. The summed E-state index contributed by atoms with van der Waals surface area (Å²) in [6, 6.07) is 5.15. The summed E-state index contributed by atoms with van der Waals surface area (Å²) in [7, 11) is 0. The minimum Gasteiger partial charge on any atom is -0.295 e. The van der Waals surface area contributed by atoms with E-state index in [9.17, 15) is 9.18 Å². The van der Waals surface area contributed by atoms with Crippen molar-refractivity contribution in [3.8, 4) is 0 Å². The topological polar surface area (TPSA) is 17.1 Å². The molecule has 0 atom stereocenters. The number of rotatable bonds is 1. The Balaban J connectivity index is 2.37. The van der Waals surface area contributed by atoms with Crippen molar-refractivity contribution in [2.75, 3.05) is 0 Å². The van der Waals surface area contributed by atoms with Crippen LogP contribution in [0.5, 0.6) is 0 Å². The lowest BCUT2D eigenvalue weighted by Crippen LogP contribution is -2.02. The van der Waals surface area contributed by atoms with Crippen LogP contribution in [0.25, 0.3) is 5.57 Å². The molecule has 2 rings (SSSR count). The Morgan fingerprint density at radius 2 is 2.07 bits per heavy atom. The zero-order valence-corrected chi connectivity index (χ0v) is 8.72. The number of carbonyl (C=O) groups excluding carboxylic acids is 1. The van der Waals surface area contributed by atoms with Gasteiger partial charge in [-0.05, 0) is 48.6 Å². The highest BCUT2D eigenvalue weighted by atomic mass is 19.1. The van der Waals surface area contributed by atoms with E-state index in [1.165, 1.54) is 6.07 Å². The Morgan fingerprint density at radius 1 is 1.27 bits per heavy atom. The molecule has 15 heavy (non-hydrogen) atoms. The number of carbonyl (C=O) groups is 1. The van der Waals surface area contributed by atoms with E-state index in [1.807, 2.05) is 6.07 Å². The van der Waals surface area contributed by atoms with Gasteiger partial charge in [-0.3, -0.25) is 4.79 Å². The van der Waals surface area contributed by atoms with Crippen LogP contribution in [0.2, 0.25) is 0 Å². The van der Waals surface area contributed by atoms with Crippen LogP contribution in [-0.4, -0.2) is 5.78 Å². The first kappa shape index (κ1) is 10.1. The molecule has 1 aliphatic carbocycles. The molecule has 0 N–H and O–H groups in total. The van der Waals surface area contributed by atoms with E-state index < -0.39 is 0 Å². The zero-order chi connectivity index (χ0) is 10.8. The lowest BCUT2D eigenvalue weighted by Gasteiger charge is -2.12. The number of hydrogen-bond donors (Lipinski definition) is 0. The molecule has 1 aliphatic rings. The summed E-state index contributed by atoms with van der Waals surface area (Å²) in [4.78, 5) is 11.2. The van der Waals surface area contributed by atoms with Gasteiger partial charge in [-0.1, -0.05) is 12.1 Å². The highest BCUT2D eigenvalue weighted by Crippen LogP contribution is 2.26. The molecule has 1 nitrogen and oxygen atoms in total. The van der Waals surface area contributed by atoms with Gasteiger partial charge in [0.25, 0.3) is 0 Å². The van der Waals surface area contributed by atoms with E-state index in [4.69, 9.17) is 0 Å². The average molecular weight is 204 g/mol. The Bertz CT molecular complexity index is 432. The number of aryl methyl sites for hydroxylation is 1. The van der Waals surface area contributed by atoms with Gasteiger partial charge in [-0.15, -0.1) is 0 Å². The molecule has 0 bridgehead atoms. The second-order valence-corrected chi connectivity index (χ2v) is 3.95. The summed E-state index contributed by atoms with van der Waals surface area (Å²) in [5.74, 6) is -0.0522. The fourth-order valence-electron chi connectivity index (χ4n) is 1.81. The number of ketones is 1. The van der Waals surface area contributed by atoms with Gasteiger partial charge in [-0.25, -0.2) is 4.39 Å². The van der Waals surface area contributed by atoms with Crippen LogP contribution in [0.1, 0.15) is 30.4 Å². The van der Waals surface area contributed by atoms with Gasteiger partial charge in [0.15, 0.2) is 5.78 Å². The summed E-state index contributed by atoms with van der Waals surface area (Å²) in [6.07, 6.45) is 4.01. The Morgan fingerprint density at radius 3 is 2.73 bits per heavy atom. The Hall–Kier alpha value is -1.44. The van der Waals surface area contributed by atoms with Gasteiger partial charge >= 0.3 is 0 Å². The molecule has 0 amide bonds. The Kier molecular flexibility index (Phi) is 2.67. The zero-order valence-electron chi connectivity index (χ0n) is 8.72. The van der Waals surface area contributed by atoms with Crippen molar-refractivity contribution in [3.05, 3.63) is 41.2 Å². The van der Waals surface area contributed by atoms with Crippen molar-refractivity contribution < 1.29 is 9.18 Å². The van der Waals surface area contributed by atoms with Gasteiger partial charge in [0, 0.05) is 6.42 Å². The molecular formula is C13H13FO. The average Bonchev–Trinajstić information content (AvgIpc) is 2.22. The third kappa shape index (κ3) is 2.14. The van der Waals surface area contributed by atoms with E-state index in [0.29, 0.717) is 12.0 Å². The van der Waals surface area contributed by atoms with Crippen molar-refractivity contribution in [1.82, 2.24) is 0 Å². The lowest BCUT2D eigenvalue weighted by molar-refractivity contribution is -0.114. The molecule has 2 heteroatoms. The van der Waals surface area contributed by atoms with Crippen molar-refractivity contribution in [1.29, 1.82) is 0 Å². The number of hydrogen-bond acceptors (Lipinski definition) is 1. The second kappa shape index (κ2) is 3.97. The molecule has 0 saturated heterocycles. The van der Waals surface area contributed by atoms with E-state index >= 15 is 0 Å². The summed E-state index contributed by atoms with van der Waals surface area (Å²) in [6.45, 7) is 1.74. The predicted molar refractivity (Wildman–Crippen MR) is 58.0 cm³/mol. The first-order valence-electron chi connectivity index (χ1n) is 5.17. The van der Waals surface area contributed by atoms with Crippen LogP contribution >= 0.6 is 0 Å². The van der Waals surface area contributed by atoms with Gasteiger partial charge in [0.1, 0.15) is 5.82 Å². The first-order chi connectivity index (χ1) is 7.16. The van der Waals surface area contributed by atoms with Crippen molar-refractivity contribution >= 4 is 11.4 Å². The molecule has 0 saturated carbocycles. The van der Waals surface area contributed by atoms with Crippen LogP contribution in [-0.2, 0) is 4.79 Å². The van der Waals surface area contributed by atoms with Crippen LogP contribution in [0.4, 0.5) is 4.39 Å². The molecule has 1 aromatic rings. The predicted octanol–water partition coefficient (Wildman–Crippen LogP) is 3.27. The molecule has 1 aromatic carbocycles. The summed E-state index contributed by atoms with van der Waals surface area (Å²) in [5, 5.41) is 0. The number of benzene rings is 1. The largest absolute Gasteiger partial charge is 0.295 e. The number of halogens is 1. The standard InChI is InChI=1S/C13H13FO/c1-9-5-6-11(8-13(9)14)10-3-2-4-12(15)7-10/h5-8H,2-4H2,1H3. The highest BCUT2D eigenvalue weighted by Gasteiger charge is 2.12. The first-order valence-corrected chi connectivity index (χ1v) is 5.17. The molecular weight excluding hydrogens is 191 g/mol. The van der Waals surface area contributed by atoms with Crippen LogP contribution in [0, 0.1) is 12.7 Å². The molecule has 0 heterocycles. The van der Waals surface area contributed by atoms with Crippen molar-refractivity contribution in [2.24, 2.45) is 0 Å². The van der Waals surface area contributed by atoms with E-state index in [2.05, 4.69) is 0 Å². The van der Waals surface area contributed by atoms with Gasteiger partial charge < -0.3 is 0 Å². The van der Waals surface area contributed by atoms with Crippen LogP contribution in [0.3, 0.4) is 0 Å². The third-order valence-electron chi connectivity index (χ3n) is 2.75. The van der Waals surface area contributed by atoms with Crippen molar-refractivity contribution in [3.63, 3.8) is 0 Å². The maximum absolute atomic E-state index is 13.3. The summed E-state index contributed by atoms with van der Waals surface area (Å²) >= 11 is 0. The van der Waals surface area contributed by atoms with Crippen molar-refractivity contribution in [2.45, 2.75) is 26.2 Å². The highest BCUT2D eigenvalue weighted by molar-refractivity contribution is 5.98. The fourth-order valence-corrected chi connectivity index (χ4v) is 1.81. The summed E-state index contributed by atoms with van der Waals surface area (Å²) in [5.41, 5.74) is 2.44. The Labute approximate surface area is 88.6 Å². The van der Waals surface area contributed by atoms with E-state index in [1.54, 1.807) is 19.1 Å². The van der Waals surface area contributed by atoms with E-state index in [0.717, 1.165) is 24.0 Å². The molecule has 0 fully saturated rings. The minimum atomic E-state index is -0.202. The van der Waals surface area contributed by atoms with E-state index in [-0.39, 0.29) is 11.6 Å². The SMILES string of the molecule is Cc1ccc(C2=CC(=O)CCC2)cc1F. The third-order valence-corrected chi connectivity index (χ3v) is 2.75. The van der Waals surface area contributed by atoms with Gasteiger partial charge in [0.05, 0.1) is 0 Å². The monoisotopic (exact) mass is 204 g/mol.